The van der Waals surface area contributed by atoms with E-state index < -0.39 is 0 Å². The van der Waals surface area contributed by atoms with Gasteiger partial charge in [-0.05, 0) is 32.7 Å². The van der Waals surface area contributed by atoms with Gasteiger partial charge in [0.15, 0.2) is 0 Å². The molecule has 0 bridgehead atoms. The van der Waals surface area contributed by atoms with Crippen LogP contribution in [0.1, 0.15) is 31.2 Å². The van der Waals surface area contributed by atoms with E-state index in [1.165, 1.54) is 0 Å². The molecule has 1 atom stereocenters. The molecule has 2 aliphatic heterocycles. The van der Waals surface area contributed by atoms with Gasteiger partial charge in [-0.3, -0.25) is 4.90 Å². The first-order valence-corrected chi connectivity index (χ1v) is 8.11. The molecule has 1 spiro atoms. The van der Waals surface area contributed by atoms with Crippen LogP contribution in [-0.2, 0) is 16.0 Å². The van der Waals surface area contributed by atoms with E-state index in [0.717, 1.165) is 57.6 Å². The number of nitrogens with zero attached hydrogens (tertiary/aromatic N) is 3. The molecule has 0 radical (unpaired) electrons. The van der Waals surface area contributed by atoms with Gasteiger partial charge in [-0.1, -0.05) is 0 Å². The Morgan fingerprint density at radius 1 is 1.27 bits per heavy atom. The zero-order chi connectivity index (χ0) is 15.4. The Labute approximate surface area is 132 Å². The van der Waals surface area contributed by atoms with E-state index in [1.54, 1.807) is 0 Å². The van der Waals surface area contributed by atoms with E-state index in [-0.39, 0.29) is 5.60 Å². The standard InChI is InChI=1S/C16H26N4O2/c1-17-15-18-10-13(11-19-15)12-20(2)14-3-6-22-16(9-14)4-7-21-8-5-16/h10-11,14H,3-9,12H2,1-2H3,(H,17,18,19)/t14-/m0/s1. The molecule has 122 valence electrons. The summed E-state index contributed by atoms with van der Waals surface area (Å²) in [6, 6.07) is 0.552. The van der Waals surface area contributed by atoms with Crippen molar-refractivity contribution >= 4 is 5.95 Å². The molecule has 2 saturated heterocycles. The van der Waals surface area contributed by atoms with Crippen LogP contribution in [0, 0.1) is 0 Å². The van der Waals surface area contributed by atoms with Crippen molar-refractivity contribution in [3.05, 3.63) is 18.0 Å². The van der Waals surface area contributed by atoms with E-state index in [2.05, 4.69) is 27.2 Å². The molecule has 0 aliphatic carbocycles. The van der Waals surface area contributed by atoms with Crippen LogP contribution in [0.15, 0.2) is 12.4 Å². The summed E-state index contributed by atoms with van der Waals surface area (Å²) in [6.45, 7) is 3.39. The highest BCUT2D eigenvalue weighted by atomic mass is 16.5. The Bertz CT molecular complexity index is 468. The molecule has 0 saturated carbocycles. The van der Waals surface area contributed by atoms with Gasteiger partial charge in [0.1, 0.15) is 0 Å². The third kappa shape index (κ3) is 3.56. The van der Waals surface area contributed by atoms with Crippen molar-refractivity contribution in [2.45, 2.75) is 43.9 Å². The second-order valence-electron chi connectivity index (χ2n) is 6.37. The smallest absolute Gasteiger partial charge is 0.222 e. The first-order chi connectivity index (χ1) is 10.7. The lowest BCUT2D eigenvalue weighted by Gasteiger charge is -2.45. The summed E-state index contributed by atoms with van der Waals surface area (Å²) in [5.41, 5.74) is 1.19. The van der Waals surface area contributed by atoms with Crippen molar-refractivity contribution in [3.63, 3.8) is 0 Å². The minimum atomic E-state index is 0.0436. The second kappa shape index (κ2) is 6.89. The Morgan fingerprint density at radius 2 is 2.00 bits per heavy atom. The summed E-state index contributed by atoms with van der Waals surface area (Å²) in [5.74, 6) is 0.665. The van der Waals surface area contributed by atoms with Crippen molar-refractivity contribution in [1.29, 1.82) is 0 Å². The zero-order valence-electron chi connectivity index (χ0n) is 13.5. The van der Waals surface area contributed by atoms with Crippen molar-refractivity contribution in [2.75, 3.05) is 39.2 Å². The van der Waals surface area contributed by atoms with Gasteiger partial charge in [0, 0.05) is 57.4 Å². The predicted molar refractivity (Wildman–Crippen MR) is 84.8 cm³/mol. The molecule has 6 nitrogen and oxygen atoms in total. The van der Waals surface area contributed by atoms with Gasteiger partial charge >= 0.3 is 0 Å². The fraction of sp³-hybridized carbons (Fsp3) is 0.750. The van der Waals surface area contributed by atoms with Gasteiger partial charge in [-0.15, -0.1) is 0 Å². The number of hydrogen-bond donors (Lipinski definition) is 1. The molecule has 0 aromatic carbocycles. The van der Waals surface area contributed by atoms with E-state index in [9.17, 15) is 0 Å². The molecule has 0 amide bonds. The lowest BCUT2D eigenvalue weighted by atomic mass is 9.83. The number of rotatable bonds is 4. The fourth-order valence-corrected chi connectivity index (χ4v) is 3.45. The van der Waals surface area contributed by atoms with Crippen molar-refractivity contribution in [1.82, 2.24) is 14.9 Å². The normalized spacial score (nSPS) is 24.6. The topological polar surface area (TPSA) is 59.5 Å². The monoisotopic (exact) mass is 306 g/mol. The third-order valence-electron chi connectivity index (χ3n) is 4.86. The first-order valence-electron chi connectivity index (χ1n) is 8.11. The highest BCUT2D eigenvalue weighted by molar-refractivity contribution is 5.23. The minimum absolute atomic E-state index is 0.0436. The largest absolute Gasteiger partial charge is 0.381 e. The molecule has 2 aliphatic rings. The molecular formula is C16H26N4O2. The molecule has 3 heterocycles. The number of nitrogens with one attached hydrogen (secondary N) is 1. The average molecular weight is 306 g/mol. The van der Waals surface area contributed by atoms with Crippen LogP contribution < -0.4 is 5.32 Å². The molecule has 6 heteroatoms. The molecule has 1 N–H and O–H groups in total. The maximum atomic E-state index is 6.13. The van der Waals surface area contributed by atoms with Crippen molar-refractivity contribution in [3.8, 4) is 0 Å². The first kappa shape index (κ1) is 15.6. The minimum Gasteiger partial charge on any atom is -0.381 e. The van der Waals surface area contributed by atoms with Crippen LogP contribution in [0.5, 0.6) is 0 Å². The summed E-state index contributed by atoms with van der Waals surface area (Å²) < 4.78 is 11.6. The number of ether oxygens (including phenoxy) is 2. The van der Waals surface area contributed by atoms with Crippen LogP contribution >= 0.6 is 0 Å². The Morgan fingerprint density at radius 3 is 2.68 bits per heavy atom. The Balaban J connectivity index is 1.59. The molecule has 1 aromatic heterocycles. The third-order valence-corrected chi connectivity index (χ3v) is 4.86. The van der Waals surface area contributed by atoms with Crippen LogP contribution in [0.3, 0.4) is 0 Å². The van der Waals surface area contributed by atoms with Gasteiger partial charge < -0.3 is 14.8 Å². The molecule has 2 fully saturated rings. The van der Waals surface area contributed by atoms with Crippen LogP contribution in [0.2, 0.25) is 0 Å². The van der Waals surface area contributed by atoms with Crippen molar-refractivity contribution < 1.29 is 9.47 Å². The van der Waals surface area contributed by atoms with E-state index in [4.69, 9.17) is 9.47 Å². The Kier molecular flexibility index (Phi) is 4.90. The number of hydrogen-bond acceptors (Lipinski definition) is 6. The summed E-state index contributed by atoms with van der Waals surface area (Å²) in [6.07, 6.45) is 8.04. The highest BCUT2D eigenvalue weighted by Gasteiger charge is 2.40. The molecule has 1 aromatic rings. The maximum absolute atomic E-state index is 6.13. The van der Waals surface area contributed by atoms with Gasteiger partial charge in [0.05, 0.1) is 5.60 Å². The summed E-state index contributed by atoms with van der Waals surface area (Å²) in [4.78, 5) is 11.0. The average Bonchev–Trinajstić information content (AvgIpc) is 2.56. The van der Waals surface area contributed by atoms with Crippen molar-refractivity contribution in [2.24, 2.45) is 0 Å². The molecule has 0 unspecified atom stereocenters. The molecular weight excluding hydrogens is 280 g/mol. The quantitative estimate of drug-likeness (QED) is 0.913. The van der Waals surface area contributed by atoms with Gasteiger partial charge in [0.2, 0.25) is 5.95 Å². The van der Waals surface area contributed by atoms with Gasteiger partial charge in [-0.2, -0.15) is 0 Å². The SMILES string of the molecule is CNc1ncc(CN(C)[C@H]2CCOC3(CCOCC3)C2)cn1. The van der Waals surface area contributed by atoms with Crippen LogP contribution in [-0.4, -0.2) is 60.4 Å². The van der Waals surface area contributed by atoms with E-state index in [0.29, 0.717) is 12.0 Å². The van der Waals surface area contributed by atoms with E-state index >= 15 is 0 Å². The van der Waals surface area contributed by atoms with Gasteiger partial charge in [0.25, 0.3) is 0 Å². The van der Waals surface area contributed by atoms with Gasteiger partial charge in [-0.25, -0.2) is 9.97 Å². The van der Waals surface area contributed by atoms with Crippen LogP contribution in [0.4, 0.5) is 5.95 Å². The number of anilines is 1. The number of aromatic nitrogens is 2. The lowest BCUT2D eigenvalue weighted by molar-refractivity contribution is -0.150. The maximum Gasteiger partial charge on any atom is 0.222 e. The summed E-state index contributed by atoms with van der Waals surface area (Å²) >= 11 is 0. The summed E-state index contributed by atoms with van der Waals surface area (Å²) in [7, 11) is 4.02. The lowest BCUT2D eigenvalue weighted by Crippen LogP contribution is -2.50. The van der Waals surface area contributed by atoms with E-state index in [1.807, 2.05) is 19.4 Å². The fourth-order valence-electron chi connectivity index (χ4n) is 3.45. The highest BCUT2D eigenvalue weighted by Crippen LogP contribution is 2.36. The predicted octanol–water partition coefficient (Wildman–Crippen LogP) is 1.68. The van der Waals surface area contributed by atoms with Crippen LogP contribution in [0.25, 0.3) is 0 Å². The second-order valence-corrected chi connectivity index (χ2v) is 6.37. The molecule has 3 rings (SSSR count). The molecule has 22 heavy (non-hydrogen) atoms. The summed E-state index contributed by atoms with van der Waals surface area (Å²) in [5, 5.41) is 2.95. The Hall–Kier alpha value is -1.24. The zero-order valence-corrected chi connectivity index (χ0v) is 13.5.